The number of amides is 2. The first-order valence-electron chi connectivity index (χ1n) is 9.46. The quantitative estimate of drug-likeness (QED) is 0.622. The van der Waals surface area contributed by atoms with E-state index in [0.717, 1.165) is 9.87 Å². The van der Waals surface area contributed by atoms with Crippen molar-refractivity contribution in [2.24, 2.45) is 0 Å². The maximum atomic E-state index is 13.1. The van der Waals surface area contributed by atoms with Crippen molar-refractivity contribution in [1.29, 1.82) is 0 Å². The Balaban J connectivity index is 2.32. The number of carbonyl (C=O) groups excluding carboxylic acids is 2. The van der Waals surface area contributed by atoms with Crippen LogP contribution in [-0.4, -0.2) is 56.1 Å². The minimum atomic E-state index is -3.89. The maximum absolute atomic E-state index is 13.1. The number of hydrogen-bond donors (Lipinski definition) is 1. The minimum absolute atomic E-state index is 0.0512. The van der Waals surface area contributed by atoms with E-state index < -0.39 is 34.4 Å². The summed E-state index contributed by atoms with van der Waals surface area (Å²) in [5, 5.41) is 3.18. The minimum Gasteiger partial charge on any atom is -0.357 e. The number of halogens is 2. The van der Waals surface area contributed by atoms with Crippen LogP contribution in [0, 0.1) is 6.92 Å². The lowest BCUT2D eigenvalue weighted by Crippen LogP contribution is -2.50. The highest BCUT2D eigenvalue weighted by molar-refractivity contribution is 7.89. The third-order valence-corrected chi connectivity index (χ3v) is 7.42. The van der Waals surface area contributed by atoms with Crippen molar-refractivity contribution in [2.75, 3.05) is 20.6 Å². The van der Waals surface area contributed by atoms with Crippen LogP contribution in [0.2, 0.25) is 10.0 Å². The number of likely N-dealkylation sites (N-methyl/N-ethyl adjacent to an activating group) is 2. The van der Waals surface area contributed by atoms with Gasteiger partial charge in [-0.3, -0.25) is 9.59 Å². The molecular formula is C21H25Cl2N3O4S. The second-order valence-corrected chi connectivity index (χ2v) is 9.95. The normalized spacial score (nSPS) is 12.5. The summed E-state index contributed by atoms with van der Waals surface area (Å²) in [6.07, 6.45) is 0. The van der Waals surface area contributed by atoms with Crippen LogP contribution < -0.4 is 5.32 Å². The smallest absolute Gasteiger partial charge is 0.243 e. The monoisotopic (exact) mass is 485 g/mol. The van der Waals surface area contributed by atoms with Crippen molar-refractivity contribution in [1.82, 2.24) is 14.5 Å². The molecule has 2 aromatic carbocycles. The fraction of sp³-hybridized carbons (Fsp3) is 0.333. The SMILES string of the molecule is CNC(=O)[C@H](C)N(Cc1c(Cl)cccc1Cl)C(=O)CN(C)S(=O)(=O)c1ccc(C)cc1. The van der Waals surface area contributed by atoms with E-state index in [1.807, 2.05) is 6.92 Å². The van der Waals surface area contributed by atoms with E-state index in [9.17, 15) is 18.0 Å². The molecule has 0 aliphatic heterocycles. The summed E-state index contributed by atoms with van der Waals surface area (Å²) in [6, 6.07) is 10.4. The zero-order valence-electron chi connectivity index (χ0n) is 17.7. The highest BCUT2D eigenvalue weighted by Crippen LogP contribution is 2.27. The zero-order chi connectivity index (χ0) is 23.3. The Labute approximate surface area is 193 Å². The third kappa shape index (κ3) is 5.98. The van der Waals surface area contributed by atoms with Gasteiger partial charge in [0.2, 0.25) is 21.8 Å². The molecule has 0 unspecified atom stereocenters. The standard InChI is InChI=1S/C21H25Cl2N3O4S/c1-14-8-10-16(11-9-14)31(29,30)25(4)13-20(27)26(15(2)21(28)24-3)12-17-18(22)6-5-7-19(17)23/h5-11,15H,12-13H2,1-4H3,(H,24,28)/t15-/m0/s1. The van der Waals surface area contributed by atoms with Crippen LogP contribution in [0.3, 0.4) is 0 Å². The molecule has 31 heavy (non-hydrogen) atoms. The first-order valence-corrected chi connectivity index (χ1v) is 11.7. The molecule has 0 fully saturated rings. The third-order valence-electron chi connectivity index (χ3n) is 4.89. The number of nitrogens with zero attached hydrogens (tertiary/aromatic N) is 2. The fourth-order valence-electron chi connectivity index (χ4n) is 2.90. The predicted molar refractivity (Wildman–Crippen MR) is 122 cm³/mol. The highest BCUT2D eigenvalue weighted by Gasteiger charge is 2.30. The van der Waals surface area contributed by atoms with E-state index in [0.29, 0.717) is 15.6 Å². The van der Waals surface area contributed by atoms with Gasteiger partial charge < -0.3 is 10.2 Å². The lowest BCUT2D eigenvalue weighted by Gasteiger charge is -2.30. The van der Waals surface area contributed by atoms with E-state index >= 15 is 0 Å². The van der Waals surface area contributed by atoms with E-state index in [1.54, 1.807) is 37.3 Å². The molecule has 0 aromatic heterocycles. The van der Waals surface area contributed by atoms with Crippen LogP contribution in [0.1, 0.15) is 18.1 Å². The number of sulfonamides is 1. The molecule has 2 rings (SSSR count). The molecule has 0 heterocycles. The van der Waals surface area contributed by atoms with Crippen LogP contribution >= 0.6 is 23.2 Å². The van der Waals surface area contributed by atoms with E-state index in [-0.39, 0.29) is 11.4 Å². The summed E-state index contributed by atoms with van der Waals surface area (Å²) in [6.45, 7) is 2.89. The van der Waals surface area contributed by atoms with Crippen molar-refractivity contribution in [2.45, 2.75) is 31.3 Å². The van der Waals surface area contributed by atoms with Gasteiger partial charge in [0, 0.05) is 36.2 Å². The number of aryl methyl sites for hydroxylation is 1. The van der Waals surface area contributed by atoms with Gasteiger partial charge >= 0.3 is 0 Å². The molecule has 2 amide bonds. The van der Waals surface area contributed by atoms with Gasteiger partial charge in [-0.15, -0.1) is 0 Å². The number of rotatable bonds is 8. The summed E-state index contributed by atoms with van der Waals surface area (Å²) in [5.74, 6) is -0.967. The van der Waals surface area contributed by atoms with Crippen molar-refractivity contribution >= 4 is 45.0 Å². The summed E-state index contributed by atoms with van der Waals surface area (Å²) in [4.78, 5) is 26.7. The van der Waals surface area contributed by atoms with E-state index in [1.165, 1.54) is 31.1 Å². The van der Waals surface area contributed by atoms with Gasteiger partial charge in [-0.05, 0) is 38.1 Å². The number of benzene rings is 2. The first-order chi connectivity index (χ1) is 14.5. The van der Waals surface area contributed by atoms with Gasteiger partial charge in [0.15, 0.2) is 0 Å². The highest BCUT2D eigenvalue weighted by atomic mass is 35.5. The van der Waals surface area contributed by atoms with Crippen molar-refractivity contribution in [3.05, 3.63) is 63.6 Å². The Kier molecular flexibility index (Phi) is 8.48. The Bertz CT molecular complexity index is 1040. The van der Waals surface area contributed by atoms with Crippen LogP contribution in [0.25, 0.3) is 0 Å². The van der Waals surface area contributed by atoms with Gasteiger partial charge in [-0.2, -0.15) is 4.31 Å². The van der Waals surface area contributed by atoms with Crippen LogP contribution in [-0.2, 0) is 26.2 Å². The molecule has 10 heteroatoms. The largest absolute Gasteiger partial charge is 0.357 e. The second kappa shape index (κ2) is 10.5. The van der Waals surface area contributed by atoms with Crippen LogP contribution in [0.5, 0.6) is 0 Å². The van der Waals surface area contributed by atoms with E-state index in [4.69, 9.17) is 23.2 Å². The Morgan fingerprint density at radius 2 is 1.61 bits per heavy atom. The predicted octanol–water partition coefficient (Wildman–Crippen LogP) is 3.09. The van der Waals surface area contributed by atoms with Crippen LogP contribution in [0.15, 0.2) is 47.4 Å². The van der Waals surface area contributed by atoms with Gasteiger partial charge in [-0.25, -0.2) is 8.42 Å². The van der Waals surface area contributed by atoms with Crippen molar-refractivity contribution < 1.29 is 18.0 Å². The zero-order valence-corrected chi connectivity index (χ0v) is 20.1. The molecule has 0 bridgehead atoms. The van der Waals surface area contributed by atoms with Gasteiger partial charge in [0.25, 0.3) is 0 Å². The molecule has 2 aromatic rings. The molecule has 1 N–H and O–H groups in total. The van der Waals surface area contributed by atoms with E-state index in [2.05, 4.69) is 5.32 Å². The molecule has 0 saturated heterocycles. The summed E-state index contributed by atoms with van der Waals surface area (Å²) < 4.78 is 26.7. The Morgan fingerprint density at radius 1 is 1.06 bits per heavy atom. The molecule has 168 valence electrons. The molecule has 0 spiro atoms. The topological polar surface area (TPSA) is 86.8 Å². The Hall–Kier alpha value is -2.13. The molecule has 7 nitrogen and oxygen atoms in total. The lowest BCUT2D eigenvalue weighted by molar-refractivity contribution is -0.140. The average Bonchev–Trinajstić information content (AvgIpc) is 2.72. The summed E-state index contributed by atoms with van der Waals surface area (Å²) in [5.41, 5.74) is 1.39. The molecular weight excluding hydrogens is 461 g/mol. The van der Waals surface area contributed by atoms with Gasteiger partial charge in [0.1, 0.15) is 6.04 Å². The maximum Gasteiger partial charge on any atom is 0.243 e. The molecule has 0 radical (unpaired) electrons. The molecule has 0 saturated carbocycles. The van der Waals surface area contributed by atoms with Crippen LogP contribution in [0.4, 0.5) is 0 Å². The molecule has 1 atom stereocenters. The number of hydrogen-bond acceptors (Lipinski definition) is 4. The fourth-order valence-corrected chi connectivity index (χ4v) is 4.54. The first kappa shape index (κ1) is 25.1. The second-order valence-electron chi connectivity index (χ2n) is 7.09. The summed E-state index contributed by atoms with van der Waals surface area (Å²) >= 11 is 12.5. The summed E-state index contributed by atoms with van der Waals surface area (Å²) in [7, 11) is -1.12. The van der Waals surface area contributed by atoms with Crippen molar-refractivity contribution in [3.8, 4) is 0 Å². The Morgan fingerprint density at radius 3 is 2.13 bits per heavy atom. The number of nitrogens with one attached hydrogen (secondary N) is 1. The molecule has 0 aliphatic carbocycles. The lowest BCUT2D eigenvalue weighted by atomic mass is 10.1. The average molecular weight is 486 g/mol. The van der Waals surface area contributed by atoms with Gasteiger partial charge in [-0.1, -0.05) is 47.0 Å². The van der Waals surface area contributed by atoms with Crippen molar-refractivity contribution in [3.63, 3.8) is 0 Å². The molecule has 0 aliphatic rings. The van der Waals surface area contributed by atoms with Gasteiger partial charge in [0.05, 0.1) is 11.4 Å². The number of carbonyl (C=O) groups is 2.